The normalized spacial score (nSPS) is 12.8. The molecule has 0 saturated heterocycles. The highest BCUT2D eigenvalue weighted by atomic mass is 127. The van der Waals surface area contributed by atoms with E-state index in [9.17, 15) is 0 Å². The standard InChI is InChI=1S/C10H16IN3S/c1-4-6(2)15-5-8-13-7(3)9(11)10(12)14-8/h6H,4-5H2,1-3H3,(H2,12,13,14). The molecule has 0 fully saturated rings. The molecule has 1 unspecified atom stereocenters. The molecule has 1 aromatic heterocycles. The summed E-state index contributed by atoms with van der Waals surface area (Å²) in [5.74, 6) is 2.29. The van der Waals surface area contributed by atoms with Crippen molar-refractivity contribution in [3.63, 3.8) is 0 Å². The van der Waals surface area contributed by atoms with Crippen LogP contribution in [-0.4, -0.2) is 15.2 Å². The Morgan fingerprint density at radius 2 is 2.13 bits per heavy atom. The second kappa shape index (κ2) is 5.89. The van der Waals surface area contributed by atoms with Gasteiger partial charge in [0.1, 0.15) is 11.6 Å². The van der Waals surface area contributed by atoms with Gasteiger partial charge in [0.15, 0.2) is 0 Å². The van der Waals surface area contributed by atoms with Gasteiger partial charge in [-0.25, -0.2) is 9.97 Å². The minimum absolute atomic E-state index is 0.600. The molecule has 1 atom stereocenters. The molecule has 0 aliphatic carbocycles. The number of hydrogen-bond acceptors (Lipinski definition) is 4. The highest BCUT2D eigenvalue weighted by Crippen LogP contribution is 2.21. The fourth-order valence-corrected chi connectivity index (χ4v) is 2.08. The number of anilines is 1. The quantitative estimate of drug-likeness (QED) is 0.858. The summed E-state index contributed by atoms with van der Waals surface area (Å²) in [5.41, 5.74) is 6.77. The zero-order valence-electron chi connectivity index (χ0n) is 9.25. The predicted octanol–water partition coefficient (Wildman–Crippen LogP) is 3.00. The van der Waals surface area contributed by atoms with Gasteiger partial charge in [0, 0.05) is 5.25 Å². The average Bonchev–Trinajstić information content (AvgIpc) is 2.22. The molecule has 0 radical (unpaired) electrons. The van der Waals surface area contributed by atoms with Gasteiger partial charge in [-0.05, 0) is 35.9 Å². The van der Waals surface area contributed by atoms with Crippen molar-refractivity contribution < 1.29 is 0 Å². The molecule has 0 bridgehead atoms. The molecule has 0 saturated carbocycles. The van der Waals surface area contributed by atoms with Gasteiger partial charge in [-0.3, -0.25) is 0 Å². The molecule has 3 nitrogen and oxygen atoms in total. The van der Waals surface area contributed by atoms with E-state index in [-0.39, 0.29) is 0 Å². The van der Waals surface area contributed by atoms with Crippen LogP contribution in [0.4, 0.5) is 5.82 Å². The Bertz CT molecular complexity index is 320. The van der Waals surface area contributed by atoms with Crippen LogP contribution >= 0.6 is 34.4 Å². The third-order valence-corrected chi connectivity index (χ3v) is 4.82. The first-order valence-electron chi connectivity index (χ1n) is 4.94. The van der Waals surface area contributed by atoms with Crippen molar-refractivity contribution >= 4 is 40.2 Å². The SMILES string of the molecule is CCC(C)SCc1nc(C)c(I)c(N)n1. The van der Waals surface area contributed by atoms with Crippen molar-refractivity contribution in [1.82, 2.24) is 9.97 Å². The van der Waals surface area contributed by atoms with E-state index >= 15 is 0 Å². The number of nitrogens with two attached hydrogens (primary N) is 1. The maximum atomic E-state index is 5.79. The van der Waals surface area contributed by atoms with Gasteiger partial charge in [-0.1, -0.05) is 13.8 Å². The third-order valence-electron chi connectivity index (χ3n) is 2.16. The molecule has 0 aromatic carbocycles. The Balaban J connectivity index is 2.70. The minimum atomic E-state index is 0.600. The lowest BCUT2D eigenvalue weighted by Gasteiger charge is -2.09. The molecule has 1 rings (SSSR count). The van der Waals surface area contributed by atoms with Crippen LogP contribution in [0.25, 0.3) is 0 Å². The molecule has 5 heteroatoms. The molecule has 0 aliphatic rings. The van der Waals surface area contributed by atoms with Crippen molar-refractivity contribution in [2.24, 2.45) is 0 Å². The van der Waals surface area contributed by atoms with Crippen molar-refractivity contribution in [3.05, 3.63) is 15.1 Å². The highest BCUT2D eigenvalue weighted by Gasteiger charge is 2.07. The molecule has 15 heavy (non-hydrogen) atoms. The first kappa shape index (κ1) is 13.0. The lowest BCUT2D eigenvalue weighted by Crippen LogP contribution is -2.05. The maximum absolute atomic E-state index is 5.79. The van der Waals surface area contributed by atoms with Crippen molar-refractivity contribution in [2.75, 3.05) is 5.73 Å². The van der Waals surface area contributed by atoms with E-state index in [2.05, 4.69) is 46.4 Å². The number of nitrogens with zero attached hydrogens (tertiary/aromatic N) is 2. The molecular weight excluding hydrogens is 321 g/mol. The Labute approximate surface area is 109 Å². The van der Waals surface area contributed by atoms with E-state index in [0.29, 0.717) is 11.1 Å². The zero-order chi connectivity index (χ0) is 11.4. The highest BCUT2D eigenvalue weighted by molar-refractivity contribution is 14.1. The first-order chi connectivity index (χ1) is 7.04. The summed E-state index contributed by atoms with van der Waals surface area (Å²) in [6, 6.07) is 0. The van der Waals surface area contributed by atoms with Crippen LogP contribution in [0.1, 0.15) is 31.8 Å². The van der Waals surface area contributed by atoms with Gasteiger partial charge >= 0.3 is 0 Å². The largest absolute Gasteiger partial charge is 0.383 e. The van der Waals surface area contributed by atoms with Gasteiger partial charge in [0.25, 0.3) is 0 Å². The first-order valence-corrected chi connectivity index (χ1v) is 7.07. The Kier molecular flexibility index (Phi) is 5.11. The summed E-state index contributed by atoms with van der Waals surface area (Å²) in [7, 11) is 0. The van der Waals surface area contributed by atoms with Crippen LogP contribution in [-0.2, 0) is 5.75 Å². The number of hydrogen-bond donors (Lipinski definition) is 1. The third kappa shape index (κ3) is 3.79. The summed E-state index contributed by atoms with van der Waals surface area (Å²) in [6.07, 6.45) is 1.17. The zero-order valence-corrected chi connectivity index (χ0v) is 12.2. The summed E-state index contributed by atoms with van der Waals surface area (Å²) in [6.45, 7) is 6.37. The molecular formula is C10H16IN3S. The molecule has 84 valence electrons. The van der Waals surface area contributed by atoms with Crippen LogP contribution in [0.3, 0.4) is 0 Å². The number of nitrogen functional groups attached to an aromatic ring is 1. The van der Waals surface area contributed by atoms with Gasteiger partial charge in [0.05, 0.1) is 15.0 Å². The van der Waals surface area contributed by atoms with Gasteiger partial charge in [0.2, 0.25) is 0 Å². The number of thioether (sulfide) groups is 1. The fourth-order valence-electron chi connectivity index (χ4n) is 1.04. The monoisotopic (exact) mass is 337 g/mol. The van der Waals surface area contributed by atoms with Crippen LogP contribution in [0, 0.1) is 10.5 Å². The molecule has 0 amide bonds. The second-order valence-corrected chi connectivity index (χ2v) is 5.96. The minimum Gasteiger partial charge on any atom is -0.383 e. The summed E-state index contributed by atoms with van der Waals surface area (Å²) in [5, 5.41) is 0.648. The smallest absolute Gasteiger partial charge is 0.140 e. The Morgan fingerprint density at radius 3 is 2.67 bits per heavy atom. The summed E-state index contributed by atoms with van der Waals surface area (Å²) < 4.78 is 0.963. The van der Waals surface area contributed by atoms with Crippen molar-refractivity contribution in [2.45, 2.75) is 38.2 Å². The fraction of sp³-hybridized carbons (Fsp3) is 0.600. The van der Waals surface area contributed by atoms with E-state index in [1.54, 1.807) is 0 Å². The lowest BCUT2D eigenvalue weighted by atomic mass is 10.4. The van der Waals surface area contributed by atoms with E-state index in [0.717, 1.165) is 20.8 Å². The van der Waals surface area contributed by atoms with Gasteiger partial charge < -0.3 is 5.73 Å². The Morgan fingerprint density at radius 1 is 1.47 bits per heavy atom. The Hall–Kier alpha value is -0.0400. The number of aryl methyl sites for hydroxylation is 1. The molecule has 0 aliphatic heterocycles. The maximum Gasteiger partial charge on any atom is 0.140 e. The lowest BCUT2D eigenvalue weighted by molar-refractivity contribution is 0.899. The van der Waals surface area contributed by atoms with E-state index < -0.39 is 0 Å². The van der Waals surface area contributed by atoms with Crippen molar-refractivity contribution in [3.8, 4) is 0 Å². The number of halogens is 1. The predicted molar refractivity (Wildman–Crippen MR) is 74.9 cm³/mol. The molecule has 1 heterocycles. The van der Waals surface area contributed by atoms with Crippen LogP contribution in [0.2, 0.25) is 0 Å². The molecule has 0 spiro atoms. The van der Waals surface area contributed by atoms with E-state index in [4.69, 9.17) is 5.73 Å². The summed E-state index contributed by atoms with van der Waals surface area (Å²) >= 11 is 4.05. The topological polar surface area (TPSA) is 51.8 Å². The molecule has 1 aromatic rings. The van der Waals surface area contributed by atoms with Crippen LogP contribution in [0.5, 0.6) is 0 Å². The van der Waals surface area contributed by atoms with E-state index in [1.165, 1.54) is 6.42 Å². The van der Waals surface area contributed by atoms with Crippen LogP contribution in [0.15, 0.2) is 0 Å². The van der Waals surface area contributed by atoms with Crippen LogP contribution < -0.4 is 5.73 Å². The van der Waals surface area contributed by atoms with E-state index in [1.807, 2.05) is 18.7 Å². The van der Waals surface area contributed by atoms with Gasteiger partial charge in [-0.15, -0.1) is 0 Å². The van der Waals surface area contributed by atoms with Gasteiger partial charge in [-0.2, -0.15) is 11.8 Å². The summed E-state index contributed by atoms with van der Waals surface area (Å²) in [4.78, 5) is 8.70. The van der Waals surface area contributed by atoms with Crippen molar-refractivity contribution in [1.29, 1.82) is 0 Å². The number of aromatic nitrogens is 2. The second-order valence-electron chi connectivity index (χ2n) is 3.45. The average molecular weight is 337 g/mol. The molecule has 2 N–H and O–H groups in total. The number of rotatable bonds is 4.